The third-order valence-electron chi connectivity index (χ3n) is 2.34. The Kier molecular flexibility index (Phi) is 3.09. The summed E-state index contributed by atoms with van der Waals surface area (Å²) in [5.74, 6) is 0.119. The molecule has 1 aliphatic rings. The second kappa shape index (κ2) is 4.52. The summed E-state index contributed by atoms with van der Waals surface area (Å²) in [5.41, 5.74) is 0.263. The molecule has 1 atom stereocenters. The molecule has 0 amide bonds. The molecule has 2 heterocycles. The van der Waals surface area contributed by atoms with E-state index in [4.69, 9.17) is 14.6 Å². The van der Waals surface area contributed by atoms with Crippen LogP contribution in [0.3, 0.4) is 0 Å². The molecule has 1 aliphatic heterocycles. The quantitative estimate of drug-likeness (QED) is 0.742. The summed E-state index contributed by atoms with van der Waals surface area (Å²) >= 11 is 0. The maximum Gasteiger partial charge on any atom is 0.358 e. The minimum Gasteiger partial charge on any atom is -0.472 e. The lowest BCUT2D eigenvalue weighted by molar-refractivity contribution is 0.0517. The predicted octanol–water partition coefficient (Wildman–Crippen LogP) is 0.203. The van der Waals surface area contributed by atoms with Crippen molar-refractivity contribution in [1.82, 2.24) is 9.78 Å². The second-order valence-corrected chi connectivity index (χ2v) is 3.52. The summed E-state index contributed by atoms with van der Waals surface area (Å²) < 4.78 is 11.9. The first kappa shape index (κ1) is 10.9. The first-order valence-electron chi connectivity index (χ1n) is 5.27. The molecule has 16 heavy (non-hydrogen) atoms. The van der Waals surface area contributed by atoms with Crippen LogP contribution >= 0.6 is 0 Å². The molecule has 1 unspecified atom stereocenters. The van der Waals surface area contributed by atoms with E-state index in [1.807, 2.05) is 0 Å². The molecular weight excluding hydrogens is 212 g/mol. The minimum atomic E-state index is -0.438. The largest absolute Gasteiger partial charge is 0.472 e. The van der Waals surface area contributed by atoms with Crippen molar-refractivity contribution in [2.24, 2.45) is 0 Å². The maximum atomic E-state index is 11.4. The Hall–Kier alpha value is -1.56. The molecule has 1 aromatic heterocycles. The van der Waals surface area contributed by atoms with Crippen LogP contribution in [0.4, 0.5) is 0 Å². The van der Waals surface area contributed by atoms with Gasteiger partial charge in [0, 0.05) is 19.1 Å². The van der Waals surface area contributed by atoms with Crippen LogP contribution in [-0.4, -0.2) is 40.2 Å². The number of nitrogens with zero attached hydrogens (tertiary/aromatic N) is 2. The molecule has 0 saturated carbocycles. The Balaban J connectivity index is 2.04. The molecule has 0 radical (unpaired) electrons. The highest BCUT2D eigenvalue weighted by Gasteiger charge is 2.26. The van der Waals surface area contributed by atoms with Crippen molar-refractivity contribution in [3.8, 4) is 5.88 Å². The number of carbonyl (C=O) groups is 1. The van der Waals surface area contributed by atoms with Gasteiger partial charge < -0.3 is 14.6 Å². The first-order valence-corrected chi connectivity index (χ1v) is 5.27. The van der Waals surface area contributed by atoms with Crippen molar-refractivity contribution in [2.45, 2.75) is 26.0 Å². The van der Waals surface area contributed by atoms with E-state index in [1.165, 1.54) is 0 Å². The third-order valence-corrected chi connectivity index (χ3v) is 2.34. The fourth-order valence-electron chi connectivity index (χ4n) is 1.63. The molecule has 1 aromatic rings. The molecule has 0 bridgehead atoms. The molecule has 0 aromatic carbocycles. The molecule has 1 N–H and O–H groups in total. The van der Waals surface area contributed by atoms with Gasteiger partial charge in [-0.3, -0.25) is 0 Å². The normalized spacial score (nSPS) is 18.0. The van der Waals surface area contributed by atoms with Gasteiger partial charge in [0.25, 0.3) is 0 Å². The average Bonchev–Trinajstić information content (AvgIpc) is 2.76. The van der Waals surface area contributed by atoms with Crippen molar-refractivity contribution in [1.29, 1.82) is 0 Å². The van der Waals surface area contributed by atoms with E-state index in [0.717, 1.165) is 0 Å². The number of esters is 1. The van der Waals surface area contributed by atoms with Gasteiger partial charge in [0.05, 0.1) is 13.2 Å². The van der Waals surface area contributed by atoms with Gasteiger partial charge in [-0.15, -0.1) is 0 Å². The molecule has 0 saturated heterocycles. The highest BCUT2D eigenvalue weighted by molar-refractivity contribution is 5.87. The first-order chi connectivity index (χ1) is 7.74. The van der Waals surface area contributed by atoms with Crippen LogP contribution < -0.4 is 4.74 Å². The van der Waals surface area contributed by atoms with E-state index in [2.05, 4.69) is 5.10 Å². The van der Waals surface area contributed by atoms with Crippen molar-refractivity contribution in [2.75, 3.05) is 13.2 Å². The molecular formula is C10H14N2O4. The molecule has 6 heteroatoms. The smallest absolute Gasteiger partial charge is 0.358 e. The predicted molar refractivity (Wildman–Crippen MR) is 54.3 cm³/mol. The van der Waals surface area contributed by atoms with Gasteiger partial charge in [0.15, 0.2) is 5.69 Å². The molecule has 6 nitrogen and oxygen atoms in total. The van der Waals surface area contributed by atoms with Crippen LogP contribution in [0.2, 0.25) is 0 Å². The van der Waals surface area contributed by atoms with E-state index in [0.29, 0.717) is 25.5 Å². The Morgan fingerprint density at radius 2 is 2.62 bits per heavy atom. The van der Waals surface area contributed by atoms with Gasteiger partial charge in [0.2, 0.25) is 5.88 Å². The second-order valence-electron chi connectivity index (χ2n) is 3.52. The van der Waals surface area contributed by atoms with Crippen LogP contribution in [0.5, 0.6) is 5.88 Å². The van der Waals surface area contributed by atoms with Gasteiger partial charge in [-0.25, -0.2) is 9.48 Å². The monoisotopic (exact) mass is 226 g/mol. The topological polar surface area (TPSA) is 73.6 Å². The highest BCUT2D eigenvalue weighted by atomic mass is 16.5. The fraction of sp³-hybridized carbons (Fsp3) is 0.600. The van der Waals surface area contributed by atoms with Crippen LogP contribution in [0.1, 0.15) is 23.8 Å². The molecule has 88 valence electrons. The van der Waals surface area contributed by atoms with E-state index >= 15 is 0 Å². The molecule has 2 rings (SSSR count). The summed E-state index contributed by atoms with van der Waals surface area (Å²) in [6, 6.07) is 1.56. The van der Waals surface area contributed by atoms with Crippen LogP contribution in [-0.2, 0) is 11.3 Å². The van der Waals surface area contributed by atoms with Crippen molar-refractivity contribution < 1.29 is 19.4 Å². The number of fused-ring (bicyclic) bond motifs is 1. The number of rotatable bonds is 4. The summed E-state index contributed by atoms with van der Waals surface area (Å²) in [6.45, 7) is 2.72. The average molecular weight is 226 g/mol. The standard InChI is InChI=1S/C10H14N2O4/c1-2-15-10(14)8-5-9-12(11-8)6-7(16-9)3-4-13/h5,7,13H,2-4,6H2,1H3. The highest BCUT2D eigenvalue weighted by Crippen LogP contribution is 2.24. The summed E-state index contributed by atoms with van der Waals surface area (Å²) in [4.78, 5) is 11.4. The summed E-state index contributed by atoms with van der Waals surface area (Å²) in [7, 11) is 0. The van der Waals surface area contributed by atoms with Gasteiger partial charge in [-0.2, -0.15) is 5.10 Å². The van der Waals surface area contributed by atoms with E-state index < -0.39 is 5.97 Å². The molecule has 0 aliphatic carbocycles. The number of aliphatic hydroxyl groups excluding tert-OH is 1. The maximum absolute atomic E-state index is 11.4. The zero-order valence-electron chi connectivity index (χ0n) is 9.05. The third kappa shape index (κ3) is 2.01. The van der Waals surface area contributed by atoms with Crippen molar-refractivity contribution in [3.63, 3.8) is 0 Å². The van der Waals surface area contributed by atoms with Crippen molar-refractivity contribution >= 4 is 5.97 Å². The number of carbonyl (C=O) groups excluding carboxylic acids is 1. The fourth-order valence-corrected chi connectivity index (χ4v) is 1.63. The van der Waals surface area contributed by atoms with Crippen LogP contribution in [0.15, 0.2) is 6.07 Å². The molecule has 0 spiro atoms. The van der Waals surface area contributed by atoms with Gasteiger partial charge in [-0.05, 0) is 6.92 Å². The molecule has 0 fully saturated rings. The van der Waals surface area contributed by atoms with Crippen molar-refractivity contribution in [3.05, 3.63) is 11.8 Å². The van der Waals surface area contributed by atoms with Crippen LogP contribution in [0, 0.1) is 0 Å². The van der Waals surface area contributed by atoms with Gasteiger partial charge in [-0.1, -0.05) is 0 Å². The van der Waals surface area contributed by atoms with E-state index in [1.54, 1.807) is 17.7 Å². The summed E-state index contributed by atoms with van der Waals surface area (Å²) in [6.07, 6.45) is 0.515. The Morgan fingerprint density at radius 1 is 1.81 bits per heavy atom. The SMILES string of the molecule is CCOC(=O)c1cc2n(n1)CC(CCO)O2. The summed E-state index contributed by atoms with van der Waals surface area (Å²) in [5, 5.41) is 12.8. The number of aliphatic hydroxyl groups is 1. The lowest BCUT2D eigenvalue weighted by Gasteiger charge is -2.06. The lowest BCUT2D eigenvalue weighted by Crippen LogP contribution is -2.17. The zero-order chi connectivity index (χ0) is 11.5. The minimum absolute atomic E-state index is 0.0521. The van der Waals surface area contributed by atoms with Gasteiger partial charge >= 0.3 is 5.97 Å². The Morgan fingerprint density at radius 3 is 3.25 bits per heavy atom. The Labute approximate surface area is 92.8 Å². The number of ether oxygens (including phenoxy) is 2. The lowest BCUT2D eigenvalue weighted by atomic mass is 10.3. The number of hydrogen-bond donors (Lipinski definition) is 1. The Bertz CT molecular complexity index is 365. The van der Waals surface area contributed by atoms with E-state index in [-0.39, 0.29) is 18.4 Å². The van der Waals surface area contributed by atoms with Gasteiger partial charge in [0.1, 0.15) is 6.10 Å². The number of aromatic nitrogens is 2. The van der Waals surface area contributed by atoms with E-state index in [9.17, 15) is 4.79 Å². The number of hydrogen-bond acceptors (Lipinski definition) is 5. The zero-order valence-corrected chi connectivity index (χ0v) is 9.05. The van der Waals surface area contributed by atoms with Crippen LogP contribution in [0.25, 0.3) is 0 Å².